The van der Waals surface area contributed by atoms with Crippen LogP contribution in [0.4, 0.5) is 0 Å². The van der Waals surface area contributed by atoms with Gasteiger partial charge >= 0.3 is 0 Å². The van der Waals surface area contributed by atoms with Crippen LogP contribution in [0.3, 0.4) is 0 Å². The lowest BCUT2D eigenvalue weighted by atomic mass is 10.0. The van der Waals surface area contributed by atoms with Crippen LogP contribution in [-0.4, -0.2) is 37.5 Å². The van der Waals surface area contributed by atoms with Crippen LogP contribution in [0.1, 0.15) is 52.9 Å². The van der Waals surface area contributed by atoms with Gasteiger partial charge in [-0.25, -0.2) is 0 Å². The van der Waals surface area contributed by atoms with Gasteiger partial charge in [0, 0.05) is 13.2 Å². The second kappa shape index (κ2) is 14.0. The molecule has 0 aliphatic carbocycles. The maximum absolute atomic E-state index is 9.76. The van der Waals surface area contributed by atoms with Crippen molar-refractivity contribution in [2.24, 2.45) is 5.92 Å². The van der Waals surface area contributed by atoms with Crippen molar-refractivity contribution < 1.29 is 9.84 Å². The van der Waals surface area contributed by atoms with Gasteiger partial charge in [0.05, 0.1) is 12.7 Å². The number of rotatable bonds is 13. The first-order valence-electron chi connectivity index (χ1n) is 7.82. The van der Waals surface area contributed by atoms with Crippen molar-refractivity contribution in [3.63, 3.8) is 0 Å². The standard InChI is InChI=1S/C16H33NO2/c1-4-7-9-11-17-12-16(18)14-19-13-15(6-3)10-8-5-2/h4,7,15-18H,5-6,8-14H2,1-3H3/b7-4+. The van der Waals surface area contributed by atoms with Crippen molar-refractivity contribution in [2.45, 2.75) is 59.0 Å². The molecule has 0 aliphatic rings. The molecule has 114 valence electrons. The summed E-state index contributed by atoms with van der Waals surface area (Å²) in [5.74, 6) is 0.648. The van der Waals surface area contributed by atoms with Gasteiger partial charge in [0.15, 0.2) is 0 Å². The summed E-state index contributed by atoms with van der Waals surface area (Å²) in [6.07, 6.45) is 9.71. The van der Waals surface area contributed by atoms with E-state index in [1.165, 1.54) is 19.3 Å². The molecule has 19 heavy (non-hydrogen) atoms. The lowest BCUT2D eigenvalue weighted by Crippen LogP contribution is -2.31. The molecule has 0 bridgehead atoms. The van der Waals surface area contributed by atoms with E-state index in [1.54, 1.807) is 0 Å². The highest BCUT2D eigenvalue weighted by atomic mass is 16.5. The fourth-order valence-corrected chi connectivity index (χ4v) is 1.95. The van der Waals surface area contributed by atoms with E-state index in [9.17, 15) is 5.11 Å². The average molecular weight is 271 g/mol. The summed E-state index contributed by atoms with van der Waals surface area (Å²) in [5, 5.41) is 13.0. The average Bonchev–Trinajstić information content (AvgIpc) is 2.42. The van der Waals surface area contributed by atoms with E-state index in [1.807, 2.05) is 13.0 Å². The lowest BCUT2D eigenvalue weighted by molar-refractivity contribution is 0.0195. The molecule has 0 aromatic rings. The van der Waals surface area contributed by atoms with Crippen LogP contribution in [0, 0.1) is 5.92 Å². The van der Waals surface area contributed by atoms with Crippen LogP contribution in [0.25, 0.3) is 0 Å². The number of hydrogen-bond acceptors (Lipinski definition) is 3. The molecular weight excluding hydrogens is 238 g/mol. The molecule has 2 N–H and O–H groups in total. The first-order valence-corrected chi connectivity index (χ1v) is 7.82. The highest BCUT2D eigenvalue weighted by Gasteiger charge is 2.08. The van der Waals surface area contributed by atoms with Crippen molar-refractivity contribution in [1.82, 2.24) is 5.32 Å². The van der Waals surface area contributed by atoms with Crippen LogP contribution in [-0.2, 0) is 4.74 Å². The molecular formula is C16H33NO2. The van der Waals surface area contributed by atoms with Crippen LogP contribution >= 0.6 is 0 Å². The fourth-order valence-electron chi connectivity index (χ4n) is 1.95. The normalized spacial score (nSPS) is 14.9. The van der Waals surface area contributed by atoms with Gasteiger partial charge in [0.25, 0.3) is 0 Å². The highest BCUT2D eigenvalue weighted by Crippen LogP contribution is 2.12. The third-order valence-electron chi connectivity index (χ3n) is 3.31. The van der Waals surface area contributed by atoms with Gasteiger partial charge in [-0.2, -0.15) is 0 Å². The first-order chi connectivity index (χ1) is 9.24. The molecule has 0 spiro atoms. The van der Waals surface area contributed by atoms with Gasteiger partial charge in [0.1, 0.15) is 0 Å². The number of allylic oxidation sites excluding steroid dienone is 1. The van der Waals surface area contributed by atoms with E-state index >= 15 is 0 Å². The minimum Gasteiger partial charge on any atom is -0.389 e. The van der Waals surface area contributed by atoms with Crippen molar-refractivity contribution in [1.29, 1.82) is 0 Å². The Hall–Kier alpha value is -0.380. The smallest absolute Gasteiger partial charge is 0.0897 e. The van der Waals surface area contributed by atoms with Gasteiger partial charge in [-0.15, -0.1) is 0 Å². The van der Waals surface area contributed by atoms with Crippen molar-refractivity contribution in [3.05, 3.63) is 12.2 Å². The maximum atomic E-state index is 9.76. The maximum Gasteiger partial charge on any atom is 0.0897 e. The molecule has 0 saturated carbocycles. The van der Waals surface area contributed by atoms with E-state index in [2.05, 4.69) is 25.2 Å². The Bertz CT molecular complexity index is 207. The van der Waals surface area contributed by atoms with E-state index < -0.39 is 6.10 Å². The molecule has 0 amide bonds. The van der Waals surface area contributed by atoms with Crippen LogP contribution in [0.2, 0.25) is 0 Å². The number of unbranched alkanes of at least 4 members (excludes halogenated alkanes) is 1. The summed E-state index contributed by atoms with van der Waals surface area (Å²) in [6.45, 7) is 9.20. The van der Waals surface area contributed by atoms with E-state index in [4.69, 9.17) is 4.74 Å². The van der Waals surface area contributed by atoms with Crippen molar-refractivity contribution >= 4 is 0 Å². The summed E-state index contributed by atoms with van der Waals surface area (Å²) in [7, 11) is 0. The monoisotopic (exact) mass is 271 g/mol. The predicted molar refractivity (Wildman–Crippen MR) is 82.4 cm³/mol. The molecule has 0 radical (unpaired) electrons. The van der Waals surface area contributed by atoms with Crippen LogP contribution in [0.15, 0.2) is 12.2 Å². The molecule has 0 saturated heterocycles. The number of hydrogen-bond donors (Lipinski definition) is 2. The predicted octanol–water partition coefficient (Wildman–Crippen LogP) is 3.14. The molecule has 0 aromatic heterocycles. The Morgan fingerprint density at radius 3 is 2.68 bits per heavy atom. The molecule has 0 heterocycles. The highest BCUT2D eigenvalue weighted by molar-refractivity contribution is 4.77. The zero-order valence-electron chi connectivity index (χ0n) is 13.0. The van der Waals surface area contributed by atoms with Crippen molar-refractivity contribution in [2.75, 3.05) is 26.3 Å². The number of aliphatic hydroxyl groups is 1. The Morgan fingerprint density at radius 1 is 1.26 bits per heavy atom. The quantitative estimate of drug-likeness (QED) is 0.399. The summed E-state index contributed by atoms with van der Waals surface area (Å²) in [4.78, 5) is 0. The Balaban J connectivity index is 3.47. The van der Waals surface area contributed by atoms with Gasteiger partial charge in [-0.05, 0) is 32.2 Å². The summed E-state index contributed by atoms with van der Waals surface area (Å²) in [6, 6.07) is 0. The SMILES string of the molecule is C/C=C/CCNCC(O)COCC(CC)CCCC. The largest absolute Gasteiger partial charge is 0.389 e. The topological polar surface area (TPSA) is 41.5 Å². The molecule has 2 atom stereocenters. The summed E-state index contributed by atoms with van der Waals surface area (Å²) >= 11 is 0. The van der Waals surface area contributed by atoms with E-state index in [-0.39, 0.29) is 0 Å². The number of ether oxygens (including phenoxy) is 1. The number of aliphatic hydroxyl groups excluding tert-OH is 1. The Morgan fingerprint density at radius 2 is 2.05 bits per heavy atom. The molecule has 0 aromatic carbocycles. The van der Waals surface area contributed by atoms with E-state index in [0.29, 0.717) is 19.1 Å². The first kappa shape index (κ1) is 18.6. The van der Waals surface area contributed by atoms with Crippen LogP contribution < -0.4 is 5.32 Å². The Kier molecular flexibility index (Phi) is 13.8. The molecule has 0 rings (SSSR count). The molecule has 2 unspecified atom stereocenters. The number of nitrogens with one attached hydrogen (secondary N) is 1. The zero-order chi connectivity index (χ0) is 14.3. The van der Waals surface area contributed by atoms with Crippen molar-refractivity contribution in [3.8, 4) is 0 Å². The summed E-state index contributed by atoms with van der Waals surface area (Å²) in [5.41, 5.74) is 0. The van der Waals surface area contributed by atoms with Gasteiger partial charge in [-0.1, -0.05) is 45.3 Å². The molecule has 0 aliphatic heterocycles. The van der Waals surface area contributed by atoms with E-state index in [0.717, 1.165) is 26.0 Å². The van der Waals surface area contributed by atoms with Gasteiger partial charge < -0.3 is 15.2 Å². The third kappa shape index (κ3) is 12.4. The molecule has 3 heteroatoms. The van der Waals surface area contributed by atoms with Crippen LogP contribution in [0.5, 0.6) is 0 Å². The Labute approximate surface area is 119 Å². The third-order valence-corrected chi connectivity index (χ3v) is 3.31. The molecule has 0 fully saturated rings. The van der Waals surface area contributed by atoms with Gasteiger partial charge in [-0.3, -0.25) is 0 Å². The second-order valence-electron chi connectivity index (χ2n) is 5.17. The lowest BCUT2D eigenvalue weighted by Gasteiger charge is -2.17. The van der Waals surface area contributed by atoms with Gasteiger partial charge in [0.2, 0.25) is 0 Å². The fraction of sp³-hybridized carbons (Fsp3) is 0.875. The summed E-state index contributed by atoms with van der Waals surface area (Å²) < 4.78 is 5.62. The minimum absolute atomic E-state index is 0.394. The second-order valence-corrected chi connectivity index (χ2v) is 5.17. The minimum atomic E-state index is -0.394. The zero-order valence-corrected chi connectivity index (χ0v) is 13.0. The molecule has 3 nitrogen and oxygen atoms in total.